The smallest absolute Gasteiger partial charge is 0.163 e. The van der Waals surface area contributed by atoms with Gasteiger partial charge in [-0.05, 0) is 39.5 Å². The number of fused-ring (bicyclic) bond motifs is 1. The van der Waals surface area contributed by atoms with E-state index in [-0.39, 0.29) is 5.79 Å². The summed E-state index contributed by atoms with van der Waals surface area (Å²) in [5.74, 6) is -0.361. The molecule has 2 rings (SSSR count). The number of hydrogen-bond donors (Lipinski definition) is 0. The van der Waals surface area contributed by atoms with E-state index >= 15 is 0 Å². The van der Waals surface area contributed by atoms with Gasteiger partial charge >= 0.3 is 0 Å². The molecule has 2 heteroatoms. The Morgan fingerprint density at radius 1 is 1.00 bits per heavy atom. The highest BCUT2D eigenvalue weighted by atomic mass is 16.7. The molecule has 0 N–H and O–H groups in total. The zero-order chi connectivity index (χ0) is 9.31. The van der Waals surface area contributed by atoms with Gasteiger partial charge in [-0.15, -0.1) is 0 Å². The van der Waals surface area contributed by atoms with Gasteiger partial charge in [-0.2, -0.15) is 0 Å². The monoisotopic (exact) mass is 182 g/mol. The van der Waals surface area contributed by atoms with Crippen LogP contribution in [-0.2, 0) is 9.47 Å². The molecule has 0 bridgehead atoms. The van der Waals surface area contributed by atoms with Crippen molar-refractivity contribution in [3.8, 4) is 0 Å². The van der Waals surface area contributed by atoms with Gasteiger partial charge in [0.05, 0.1) is 12.2 Å². The summed E-state index contributed by atoms with van der Waals surface area (Å²) < 4.78 is 11.7. The maximum Gasteiger partial charge on any atom is 0.163 e. The average molecular weight is 182 g/mol. The predicted octanol–water partition coefficient (Wildman–Crippen LogP) is 2.64. The van der Waals surface area contributed by atoms with Crippen LogP contribution in [0.1, 0.15) is 39.5 Å². The van der Waals surface area contributed by atoms with Crippen molar-refractivity contribution >= 4 is 0 Å². The lowest BCUT2D eigenvalue weighted by atomic mass is 10.0. The van der Waals surface area contributed by atoms with E-state index in [1.54, 1.807) is 0 Å². The summed E-state index contributed by atoms with van der Waals surface area (Å²) in [5.41, 5.74) is 0. The third-order valence-corrected chi connectivity index (χ3v) is 2.69. The quantitative estimate of drug-likeness (QED) is 0.536. The van der Waals surface area contributed by atoms with E-state index in [9.17, 15) is 0 Å². The fourth-order valence-electron chi connectivity index (χ4n) is 2.15. The van der Waals surface area contributed by atoms with Crippen LogP contribution < -0.4 is 0 Å². The first kappa shape index (κ1) is 9.22. The summed E-state index contributed by atoms with van der Waals surface area (Å²) in [6.07, 6.45) is 9.60. The Labute approximate surface area is 79.9 Å². The summed E-state index contributed by atoms with van der Waals surface area (Å²) in [7, 11) is 0. The van der Waals surface area contributed by atoms with Gasteiger partial charge in [0.1, 0.15) is 0 Å². The van der Waals surface area contributed by atoms with Crippen LogP contribution in [0.5, 0.6) is 0 Å². The van der Waals surface area contributed by atoms with Gasteiger partial charge in [0.2, 0.25) is 0 Å². The topological polar surface area (TPSA) is 18.5 Å². The minimum Gasteiger partial charge on any atom is -0.345 e. The molecule has 1 saturated heterocycles. The highest BCUT2D eigenvalue weighted by Gasteiger charge is 2.40. The van der Waals surface area contributed by atoms with Crippen LogP contribution in [0.2, 0.25) is 0 Å². The van der Waals surface area contributed by atoms with Crippen molar-refractivity contribution < 1.29 is 9.47 Å². The molecule has 0 spiro atoms. The fraction of sp³-hybridized carbons (Fsp3) is 0.818. The van der Waals surface area contributed by atoms with Crippen molar-refractivity contribution in [3.05, 3.63) is 12.2 Å². The minimum absolute atomic E-state index is 0.319. The summed E-state index contributed by atoms with van der Waals surface area (Å²) in [6, 6.07) is 0. The molecule has 0 aromatic heterocycles. The molecule has 0 saturated carbocycles. The molecule has 74 valence electrons. The molecule has 1 fully saturated rings. The van der Waals surface area contributed by atoms with Crippen LogP contribution in [0.4, 0.5) is 0 Å². The van der Waals surface area contributed by atoms with E-state index in [1.807, 2.05) is 13.8 Å². The van der Waals surface area contributed by atoms with Crippen molar-refractivity contribution in [2.24, 2.45) is 0 Å². The molecule has 1 aliphatic carbocycles. The molecule has 0 amide bonds. The largest absolute Gasteiger partial charge is 0.345 e. The van der Waals surface area contributed by atoms with Crippen LogP contribution in [0, 0.1) is 0 Å². The number of allylic oxidation sites excluding steroid dienone is 2. The molecule has 0 unspecified atom stereocenters. The molecule has 0 aromatic carbocycles. The Bertz CT molecular complexity index is 188. The van der Waals surface area contributed by atoms with Gasteiger partial charge < -0.3 is 9.47 Å². The van der Waals surface area contributed by atoms with Crippen molar-refractivity contribution in [1.29, 1.82) is 0 Å². The lowest BCUT2D eigenvalue weighted by Gasteiger charge is -2.16. The van der Waals surface area contributed by atoms with Crippen molar-refractivity contribution in [3.63, 3.8) is 0 Å². The Morgan fingerprint density at radius 2 is 1.46 bits per heavy atom. The highest BCUT2D eigenvalue weighted by Crippen LogP contribution is 2.33. The van der Waals surface area contributed by atoms with Crippen LogP contribution in [0.3, 0.4) is 0 Å². The van der Waals surface area contributed by atoms with Crippen molar-refractivity contribution in [1.82, 2.24) is 0 Å². The second kappa shape index (κ2) is 3.43. The lowest BCUT2D eigenvalue weighted by Crippen LogP contribution is -2.22. The average Bonchev–Trinajstić information content (AvgIpc) is 2.27. The molecule has 0 aromatic rings. The second-order valence-corrected chi connectivity index (χ2v) is 4.34. The third-order valence-electron chi connectivity index (χ3n) is 2.69. The maximum atomic E-state index is 5.83. The van der Waals surface area contributed by atoms with Gasteiger partial charge in [-0.25, -0.2) is 0 Å². The lowest BCUT2D eigenvalue weighted by molar-refractivity contribution is -0.146. The highest BCUT2D eigenvalue weighted by molar-refractivity contribution is 4.91. The summed E-state index contributed by atoms with van der Waals surface area (Å²) in [4.78, 5) is 0. The van der Waals surface area contributed by atoms with Gasteiger partial charge in [0.15, 0.2) is 5.79 Å². The van der Waals surface area contributed by atoms with Crippen LogP contribution in [0.25, 0.3) is 0 Å². The van der Waals surface area contributed by atoms with Gasteiger partial charge in [0.25, 0.3) is 0 Å². The van der Waals surface area contributed by atoms with Crippen molar-refractivity contribution in [2.45, 2.75) is 57.5 Å². The van der Waals surface area contributed by atoms with E-state index in [0.717, 1.165) is 25.7 Å². The summed E-state index contributed by atoms with van der Waals surface area (Å²) >= 11 is 0. The first-order valence-corrected chi connectivity index (χ1v) is 5.18. The van der Waals surface area contributed by atoms with E-state index in [2.05, 4.69) is 12.2 Å². The Morgan fingerprint density at radius 3 is 1.92 bits per heavy atom. The predicted molar refractivity (Wildman–Crippen MR) is 51.4 cm³/mol. The molecule has 2 aliphatic rings. The molecule has 2 atom stereocenters. The van der Waals surface area contributed by atoms with Gasteiger partial charge in [-0.1, -0.05) is 12.2 Å². The molecule has 13 heavy (non-hydrogen) atoms. The van der Waals surface area contributed by atoms with E-state index in [1.165, 1.54) is 0 Å². The second-order valence-electron chi connectivity index (χ2n) is 4.34. The molecular formula is C11H18O2. The maximum absolute atomic E-state index is 5.83. The van der Waals surface area contributed by atoms with Crippen molar-refractivity contribution in [2.75, 3.05) is 0 Å². The van der Waals surface area contributed by atoms with Crippen LogP contribution >= 0.6 is 0 Å². The molecule has 1 heterocycles. The van der Waals surface area contributed by atoms with Crippen LogP contribution in [0.15, 0.2) is 12.2 Å². The van der Waals surface area contributed by atoms with Gasteiger partial charge in [0, 0.05) is 0 Å². The first-order valence-electron chi connectivity index (χ1n) is 5.18. The number of hydrogen-bond acceptors (Lipinski definition) is 2. The number of ether oxygens (including phenoxy) is 2. The van der Waals surface area contributed by atoms with E-state index in [4.69, 9.17) is 9.47 Å². The summed E-state index contributed by atoms with van der Waals surface area (Å²) in [6.45, 7) is 4.01. The normalized spacial score (nSPS) is 40.5. The summed E-state index contributed by atoms with van der Waals surface area (Å²) in [5, 5.41) is 0. The number of rotatable bonds is 0. The zero-order valence-corrected chi connectivity index (χ0v) is 8.45. The molecule has 0 radical (unpaired) electrons. The third kappa shape index (κ3) is 2.12. The standard InChI is InChI=1S/C11H18O2/c1-11(2)12-9-7-5-3-4-6-8-10(9)13-11/h3-4,9-10H,5-8H2,1-2H3/b4-3-/t9-,10+. The van der Waals surface area contributed by atoms with E-state index < -0.39 is 0 Å². The fourth-order valence-corrected chi connectivity index (χ4v) is 2.15. The van der Waals surface area contributed by atoms with Crippen LogP contribution in [-0.4, -0.2) is 18.0 Å². The Hall–Kier alpha value is -0.340. The van der Waals surface area contributed by atoms with E-state index in [0.29, 0.717) is 12.2 Å². The molecule has 1 aliphatic heterocycles. The Balaban J connectivity index is 2.03. The molecular weight excluding hydrogens is 164 g/mol. The minimum atomic E-state index is -0.361. The SMILES string of the molecule is CC1(C)O[C@H]2CC/C=C\CC[C@H]2O1. The first-order chi connectivity index (χ1) is 6.17. The molecule has 2 nitrogen and oxygen atoms in total. The zero-order valence-electron chi connectivity index (χ0n) is 8.45. The Kier molecular flexibility index (Phi) is 2.43. The van der Waals surface area contributed by atoms with Gasteiger partial charge in [-0.3, -0.25) is 0 Å².